The van der Waals surface area contributed by atoms with Crippen LogP contribution >= 0.6 is 0 Å². The highest BCUT2D eigenvalue weighted by Gasteiger charge is 2.59. The number of hydrogen-bond acceptors (Lipinski definition) is 11. The van der Waals surface area contributed by atoms with Crippen molar-refractivity contribution in [3.8, 4) is 5.75 Å². The summed E-state index contributed by atoms with van der Waals surface area (Å²) in [6, 6.07) is 4.80. The lowest BCUT2D eigenvalue weighted by atomic mass is 9.98. The third-order valence-corrected chi connectivity index (χ3v) is 24.5. The summed E-state index contributed by atoms with van der Waals surface area (Å²) in [5.41, 5.74) is 0.0409. The van der Waals surface area contributed by atoms with Gasteiger partial charge in [0.05, 0.1) is 24.2 Å². The Kier molecular flexibility index (Phi) is 12.5. The standard InChI is InChI=1S/C34H61NO11Si3/c1-32(2,3)47(11,12)44-26-27(45-48(13,14)33(4,5)6)29(46-49(15,16)34(7,8)9)31(42-28(26)30(36)39-10)41-24-19-17-18-22(25(24)35(37)38)23-20-21-40-43-23/h17-19,23,26-29,31H,20-21H2,1-16H3/t23?,26-,27+,28+,29-,31-/m1/s1. The van der Waals surface area contributed by atoms with Crippen molar-refractivity contribution in [2.24, 2.45) is 0 Å². The SMILES string of the molecule is COC(=O)[C@H]1O[C@@H](Oc2cccc(C3CCOO3)c2[N+](=O)[O-])[C@H](O[Si](C)(C)C(C)(C)C)[C@@H](O[Si](C)(C)C(C)(C)C)[C@H]1O[Si](C)(C)C(C)(C)C. The quantitative estimate of drug-likeness (QED) is 0.0711. The van der Waals surface area contributed by atoms with Gasteiger partial charge in [0, 0.05) is 6.42 Å². The minimum Gasteiger partial charge on any atom is -0.467 e. The highest BCUT2D eigenvalue weighted by Crippen LogP contribution is 2.47. The van der Waals surface area contributed by atoms with Crippen molar-refractivity contribution in [1.29, 1.82) is 0 Å². The molecule has 1 aromatic carbocycles. The highest BCUT2D eigenvalue weighted by molar-refractivity contribution is 6.75. The molecule has 2 saturated heterocycles. The van der Waals surface area contributed by atoms with Crippen molar-refractivity contribution < 1.29 is 47.0 Å². The third-order valence-electron chi connectivity index (χ3n) is 11.1. The van der Waals surface area contributed by atoms with E-state index in [1.807, 2.05) is 0 Å². The summed E-state index contributed by atoms with van der Waals surface area (Å²) in [6.45, 7) is 32.2. The van der Waals surface area contributed by atoms with Gasteiger partial charge in [0.25, 0.3) is 0 Å². The fourth-order valence-electron chi connectivity index (χ4n) is 4.91. The first kappa shape index (κ1) is 41.7. The molecule has 12 nitrogen and oxygen atoms in total. The van der Waals surface area contributed by atoms with Crippen molar-refractivity contribution in [2.75, 3.05) is 13.7 Å². The first-order valence-electron chi connectivity index (χ1n) is 17.1. The van der Waals surface area contributed by atoms with Crippen molar-refractivity contribution in [3.05, 3.63) is 33.9 Å². The second-order valence-corrected chi connectivity index (χ2v) is 32.0. The van der Waals surface area contributed by atoms with Gasteiger partial charge in [-0.25, -0.2) is 14.6 Å². The van der Waals surface area contributed by atoms with Crippen molar-refractivity contribution in [2.45, 2.75) is 160 Å². The van der Waals surface area contributed by atoms with Gasteiger partial charge in [-0.3, -0.25) is 10.1 Å². The molecule has 1 aromatic rings. The number of nitro groups is 1. The number of hydrogen-bond donors (Lipinski definition) is 0. The van der Waals surface area contributed by atoms with Crippen molar-refractivity contribution in [3.63, 3.8) is 0 Å². The summed E-state index contributed by atoms with van der Waals surface area (Å²) in [4.78, 5) is 36.2. The zero-order valence-electron chi connectivity index (χ0n) is 32.5. The van der Waals surface area contributed by atoms with Crippen LogP contribution in [-0.4, -0.2) is 80.3 Å². The Hall–Kier alpha value is -1.70. The first-order valence-corrected chi connectivity index (χ1v) is 25.9. The smallest absolute Gasteiger partial charge is 0.337 e. The molecule has 2 heterocycles. The normalized spacial score (nSPS) is 26.0. The van der Waals surface area contributed by atoms with E-state index < -0.39 is 72.7 Å². The van der Waals surface area contributed by atoms with Gasteiger partial charge in [-0.2, -0.15) is 0 Å². The number of esters is 1. The zero-order chi connectivity index (χ0) is 37.5. The van der Waals surface area contributed by atoms with Gasteiger partial charge in [0.2, 0.25) is 12.0 Å². The maximum atomic E-state index is 13.7. The molecule has 15 heteroatoms. The first-order chi connectivity index (χ1) is 22.1. The van der Waals surface area contributed by atoms with Crippen LogP contribution in [0.25, 0.3) is 0 Å². The summed E-state index contributed by atoms with van der Waals surface area (Å²) in [5.74, 6) is -0.711. The lowest BCUT2D eigenvalue weighted by Gasteiger charge is -2.53. The van der Waals surface area contributed by atoms with Gasteiger partial charge in [-0.1, -0.05) is 68.4 Å². The molecule has 0 radical (unpaired) electrons. The number of benzene rings is 1. The maximum absolute atomic E-state index is 13.7. The molecule has 0 spiro atoms. The van der Waals surface area contributed by atoms with Gasteiger partial charge < -0.3 is 27.5 Å². The average Bonchev–Trinajstić information content (AvgIpc) is 3.48. The molecular formula is C34H61NO11Si3. The van der Waals surface area contributed by atoms with Gasteiger partial charge >= 0.3 is 11.7 Å². The van der Waals surface area contributed by atoms with Crippen LogP contribution in [0.3, 0.4) is 0 Å². The molecule has 0 N–H and O–H groups in total. The summed E-state index contributed by atoms with van der Waals surface area (Å²) >= 11 is 0. The van der Waals surface area contributed by atoms with E-state index in [-0.39, 0.29) is 26.6 Å². The topological polar surface area (TPSA) is 134 Å². The second kappa shape index (κ2) is 14.7. The number of carbonyl (C=O) groups excluding carboxylic acids is 1. The Bertz CT molecular complexity index is 1330. The lowest BCUT2D eigenvalue weighted by Crippen LogP contribution is -2.69. The molecule has 280 valence electrons. The predicted molar refractivity (Wildman–Crippen MR) is 195 cm³/mol. The van der Waals surface area contributed by atoms with Gasteiger partial charge in [-0.05, 0) is 66.5 Å². The molecule has 0 saturated carbocycles. The highest BCUT2D eigenvalue weighted by atomic mass is 28.4. The number of nitrogens with zero attached hydrogens (tertiary/aromatic N) is 1. The van der Waals surface area contributed by atoms with E-state index >= 15 is 0 Å². The molecule has 1 unspecified atom stereocenters. The van der Waals surface area contributed by atoms with Crippen molar-refractivity contribution in [1.82, 2.24) is 0 Å². The Morgan fingerprint density at radius 3 is 1.73 bits per heavy atom. The fourth-order valence-corrected chi connectivity index (χ4v) is 8.78. The molecule has 0 amide bonds. The predicted octanol–water partition coefficient (Wildman–Crippen LogP) is 8.44. The number of carbonyl (C=O) groups is 1. The van der Waals surface area contributed by atoms with E-state index in [2.05, 4.69) is 102 Å². The van der Waals surface area contributed by atoms with Crippen LogP contribution in [0.4, 0.5) is 5.69 Å². The van der Waals surface area contributed by atoms with Crippen LogP contribution in [0, 0.1) is 10.1 Å². The van der Waals surface area contributed by atoms with Crippen LogP contribution < -0.4 is 4.74 Å². The summed E-state index contributed by atoms with van der Waals surface area (Å²) in [5, 5.41) is 11.9. The van der Waals surface area contributed by atoms with Crippen LogP contribution in [0.15, 0.2) is 18.2 Å². The molecule has 2 aliphatic heterocycles. The molecule has 2 fully saturated rings. The summed E-state index contributed by atoms with van der Waals surface area (Å²) in [7, 11) is -6.50. The van der Waals surface area contributed by atoms with Crippen molar-refractivity contribution >= 4 is 36.6 Å². The average molecular weight is 744 g/mol. The molecule has 0 bridgehead atoms. The van der Waals surface area contributed by atoms with E-state index in [1.165, 1.54) is 13.2 Å². The van der Waals surface area contributed by atoms with Crippen LogP contribution in [0.1, 0.15) is 80.4 Å². The Morgan fingerprint density at radius 1 is 0.816 bits per heavy atom. The molecule has 3 rings (SSSR count). The fraction of sp³-hybridized carbons (Fsp3) is 0.794. The monoisotopic (exact) mass is 743 g/mol. The second-order valence-electron chi connectivity index (χ2n) is 17.7. The molecule has 2 aliphatic rings. The molecule has 0 aliphatic carbocycles. The van der Waals surface area contributed by atoms with Crippen LogP contribution in [-0.2, 0) is 37.3 Å². The summed E-state index contributed by atoms with van der Waals surface area (Å²) in [6.07, 6.45) is -5.46. The van der Waals surface area contributed by atoms with Crippen LogP contribution in [0.5, 0.6) is 5.75 Å². The molecule has 6 atom stereocenters. The molecular weight excluding hydrogens is 683 g/mol. The number of para-hydroxylation sites is 1. The molecule has 49 heavy (non-hydrogen) atoms. The van der Waals surface area contributed by atoms with Gasteiger partial charge in [0.1, 0.15) is 24.4 Å². The van der Waals surface area contributed by atoms with E-state index in [4.69, 9.17) is 37.3 Å². The number of rotatable bonds is 11. The third kappa shape index (κ3) is 9.22. The minimum absolute atomic E-state index is 0.0507. The van der Waals surface area contributed by atoms with E-state index in [0.717, 1.165) is 0 Å². The number of ether oxygens (including phenoxy) is 3. The Morgan fingerprint density at radius 2 is 1.31 bits per heavy atom. The summed E-state index contributed by atoms with van der Waals surface area (Å²) < 4.78 is 39.9. The largest absolute Gasteiger partial charge is 0.467 e. The molecule has 0 aromatic heterocycles. The minimum atomic E-state index is -2.62. The number of methoxy groups -OCH3 is 1. The zero-order valence-corrected chi connectivity index (χ0v) is 35.5. The van der Waals surface area contributed by atoms with Gasteiger partial charge in [0.15, 0.2) is 31.1 Å². The van der Waals surface area contributed by atoms with Gasteiger partial charge in [-0.15, -0.1) is 0 Å². The Labute approximate surface area is 296 Å². The lowest BCUT2D eigenvalue weighted by molar-refractivity contribution is -0.389. The number of nitro benzene ring substituents is 1. The van der Waals surface area contributed by atoms with E-state index in [1.54, 1.807) is 12.1 Å². The maximum Gasteiger partial charge on any atom is 0.337 e. The van der Waals surface area contributed by atoms with E-state index in [0.29, 0.717) is 18.6 Å². The Balaban J connectivity index is 2.32. The van der Waals surface area contributed by atoms with E-state index in [9.17, 15) is 14.9 Å². The van der Waals surface area contributed by atoms with Crippen LogP contribution in [0.2, 0.25) is 54.4 Å².